The number of anilines is 1. The fourth-order valence-corrected chi connectivity index (χ4v) is 3.41. The molecule has 0 aliphatic heterocycles. The van der Waals surface area contributed by atoms with Crippen molar-refractivity contribution in [3.63, 3.8) is 0 Å². The van der Waals surface area contributed by atoms with E-state index in [1.807, 2.05) is 12.1 Å². The number of imidazole rings is 1. The molecule has 1 aliphatic carbocycles. The third kappa shape index (κ3) is 1.75. The van der Waals surface area contributed by atoms with E-state index in [-0.39, 0.29) is 0 Å². The third-order valence-corrected chi connectivity index (χ3v) is 4.60. The van der Waals surface area contributed by atoms with Crippen molar-refractivity contribution in [1.29, 1.82) is 0 Å². The van der Waals surface area contributed by atoms with Crippen molar-refractivity contribution < 1.29 is 0 Å². The molecule has 3 aromatic rings. The molecule has 2 N–H and O–H groups in total. The van der Waals surface area contributed by atoms with Gasteiger partial charge >= 0.3 is 0 Å². The van der Waals surface area contributed by atoms with Gasteiger partial charge in [0.05, 0.1) is 11.0 Å². The van der Waals surface area contributed by atoms with Gasteiger partial charge in [-0.05, 0) is 35.7 Å². The van der Waals surface area contributed by atoms with Gasteiger partial charge in [-0.15, -0.1) is 0 Å². The smallest absolute Gasteiger partial charge is 0.201 e. The molecular formula is C16H14BrN3. The van der Waals surface area contributed by atoms with Crippen molar-refractivity contribution in [2.24, 2.45) is 0 Å². The molecule has 3 nitrogen and oxygen atoms in total. The number of aromatic nitrogens is 2. The highest BCUT2D eigenvalue weighted by atomic mass is 79.9. The van der Waals surface area contributed by atoms with E-state index >= 15 is 0 Å². The standard InChI is InChI=1S/C16H14BrN3/c17-12-5-6-15-14(8-12)19-16(18)20(15)9-11-7-10-3-1-2-4-13(10)11/h1-6,8,11H,7,9H2,(H2,18,19). The molecule has 0 radical (unpaired) electrons. The first kappa shape index (κ1) is 12.0. The van der Waals surface area contributed by atoms with Crippen LogP contribution < -0.4 is 5.73 Å². The number of hydrogen-bond acceptors (Lipinski definition) is 2. The van der Waals surface area contributed by atoms with Gasteiger partial charge < -0.3 is 10.3 Å². The van der Waals surface area contributed by atoms with E-state index in [0.717, 1.165) is 28.5 Å². The SMILES string of the molecule is Nc1nc2cc(Br)ccc2n1CC1Cc2ccccc21. The van der Waals surface area contributed by atoms with Crippen LogP contribution in [-0.4, -0.2) is 9.55 Å². The Bertz CT molecular complexity index is 807. The maximum Gasteiger partial charge on any atom is 0.201 e. The number of nitrogens with two attached hydrogens (primary N) is 1. The molecule has 1 unspecified atom stereocenters. The molecule has 2 aromatic carbocycles. The van der Waals surface area contributed by atoms with Crippen molar-refractivity contribution in [1.82, 2.24) is 9.55 Å². The summed E-state index contributed by atoms with van der Waals surface area (Å²) in [5.41, 5.74) is 11.1. The Morgan fingerprint density at radius 2 is 2.10 bits per heavy atom. The first-order valence-corrected chi connectivity index (χ1v) is 7.51. The Labute approximate surface area is 125 Å². The van der Waals surface area contributed by atoms with Crippen LogP contribution in [-0.2, 0) is 13.0 Å². The van der Waals surface area contributed by atoms with Gasteiger partial charge in [0.25, 0.3) is 0 Å². The van der Waals surface area contributed by atoms with Crippen LogP contribution in [0.5, 0.6) is 0 Å². The van der Waals surface area contributed by atoms with Crippen molar-refractivity contribution >= 4 is 32.9 Å². The number of hydrogen-bond donors (Lipinski definition) is 1. The lowest BCUT2D eigenvalue weighted by molar-refractivity contribution is 0.521. The second kappa shape index (κ2) is 4.35. The fraction of sp³-hybridized carbons (Fsp3) is 0.188. The average molecular weight is 328 g/mol. The van der Waals surface area contributed by atoms with Crippen LogP contribution in [0, 0.1) is 0 Å². The monoisotopic (exact) mass is 327 g/mol. The molecule has 0 spiro atoms. The number of rotatable bonds is 2. The normalized spacial score (nSPS) is 16.9. The Balaban J connectivity index is 1.72. The Kier molecular flexibility index (Phi) is 2.60. The second-order valence-corrected chi connectivity index (χ2v) is 6.23. The lowest BCUT2D eigenvalue weighted by atomic mass is 9.77. The highest BCUT2D eigenvalue weighted by Gasteiger charge is 2.26. The third-order valence-electron chi connectivity index (χ3n) is 4.10. The molecule has 4 heteroatoms. The summed E-state index contributed by atoms with van der Waals surface area (Å²) in [6.45, 7) is 0.904. The molecule has 1 heterocycles. The van der Waals surface area contributed by atoms with Gasteiger partial charge in [0.1, 0.15) is 0 Å². The van der Waals surface area contributed by atoms with Gasteiger partial charge in [0, 0.05) is 16.9 Å². The summed E-state index contributed by atoms with van der Waals surface area (Å²) in [5.74, 6) is 1.15. The van der Waals surface area contributed by atoms with Gasteiger partial charge in [-0.2, -0.15) is 0 Å². The molecule has 0 fully saturated rings. The van der Waals surface area contributed by atoms with Crippen LogP contribution in [0.2, 0.25) is 0 Å². The number of halogens is 1. The van der Waals surface area contributed by atoms with Crippen LogP contribution in [0.4, 0.5) is 5.95 Å². The summed E-state index contributed by atoms with van der Waals surface area (Å²) in [4.78, 5) is 4.45. The molecular weight excluding hydrogens is 314 g/mol. The van der Waals surface area contributed by atoms with Crippen LogP contribution >= 0.6 is 15.9 Å². The quantitative estimate of drug-likeness (QED) is 0.779. The number of nitrogens with zero attached hydrogens (tertiary/aromatic N) is 2. The zero-order valence-corrected chi connectivity index (χ0v) is 12.5. The minimum Gasteiger partial charge on any atom is -0.369 e. The minimum absolute atomic E-state index is 0.551. The molecule has 0 amide bonds. The number of fused-ring (bicyclic) bond motifs is 2. The summed E-state index contributed by atoms with van der Waals surface area (Å²) in [6.07, 6.45) is 1.13. The van der Waals surface area contributed by atoms with Crippen LogP contribution in [0.15, 0.2) is 46.9 Å². The van der Waals surface area contributed by atoms with E-state index in [1.54, 1.807) is 0 Å². The molecule has 0 saturated carbocycles. The number of nitrogen functional groups attached to an aromatic ring is 1. The Morgan fingerprint density at radius 1 is 1.25 bits per heavy atom. The van der Waals surface area contributed by atoms with E-state index < -0.39 is 0 Å². The van der Waals surface area contributed by atoms with Crippen molar-refractivity contribution in [2.45, 2.75) is 18.9 Å². The summed E-state index contributed by atoms with van der Waals surface area (Å²) < 4.78 is 3.16. The molecule has 4 rings (SSSR count). The van der Waals surface area contributed by atoms with Crippen LogP contribution in [0.25, 0.3) is 11.0 Å². The van der Waals surface area contributed by atoms with Crippen molar-refractivity contribution in [2.75, 3.05) is 5.73 Å². The summed E-state index contributed by atoms with van der Waals surface area (Å²) in [7, 11) is 0. The molecule has 20 heavy (non-hydrogen) atoms. The predicted molar refractivity (Wildman–Crippen MR) is 84.7 cm³/mol. The Hall–Kier alpha value is -1.81. The topological polar surface area (TPSA) is 43.8 Å². The largest absolute Gasteiger partial charge is 0.369 e. The van der Waals surface area contributed by atoms with E-state index in [2.05, 4.69) is 55.8 Å². The number of benzene rings is 2. The molecule has 100 valence electrons. The maximum atomic E-state index is 6.09. The van der Waals surface area contributed by atoms with E-state index in [0.29, 0.717) is 11.9 Å². The molecule has 0 bridgehead atoms. The van der Waals surface area contributed by atoms with E-state index in [1.165, 1.54) is 11.1 Å². The first-order chi connectivity index (χ1) is 9.72. The molecule has 0 saturated heterocycles. The Morgan fingerprint density at radius 3 is 2.95 bits per heavy atom. The fourth-order valence-electron chi connectivity index (χ4n) is 3.06. The highest BCUT2D eigenvalue weighted by Crippen LogP contribution is 2.37. The molecule has 1 aliphatic rings. The summed E-state index contributed by atoms with van der Waals surface area (Å²) in [6, 6.07) is 14.8. The summed E-state index contributed by atoms with van der Waals surface area (Å²) in [5, 5.41) is 0. The lowest BCUT2D eigenvalue weighted by Crippen LogP contribution is -2.22. The summed E-state index contributed by atoms with van der Waals surface area (Å²) >= 11 is 3.47. The van der Waals surface area contributed by atoms with Gasteiger partial charge in [-0.25, -0.2) is 4.98 Å². The van der Waals surface area contributed by atoms with Crippen molar-refractivity contribution in [3.05, 3.63) is 58.1 Å². The molecule has 1 atom stereocenters. The second-order valence-electron chi connectivity index (χ2n) is 5.31. The van der Waals surface area contributed by atoms with E-state index in [9.17, 15) is 0 Å². The minimum atomic E-state index is 0.551. The van der Waals surface area contributed by atoms with E-state index in [4.69, 9.17) is 5.73 Å². The van der Waals surface area contributed by atoms with Gasteiger partial charge in [-0.1, -0.05) is 40.2 Å². The molecule has 1 aromatic heterocycles. The average Bonchev–Trinajstić information content (AvgIpc) is 2.71. The van der Waals surface area contributed by atoms with Gasteiger partial charge in [0.15, 0.2) is 0 Å². The zero-order chi connectivity index (χ0) is 13.7. The van der Waals surface area contributed by atoms with Gasteiger partial charge in [0.2, 0.25) is 5.95 Å². The maximum absolute atomic E-state index is 6.09. The first-order valence-electron chi connectivity index (χ1n) is 6.71. The van der Waals surface area contributed by atoms with Crippen LogP contribution in [0.3, 0.4) is 0 Å². The highest BCUT2D eigenvalue weighted by molar-refractivity contribution is 9.10. The zero-order valence-electron chi connectivity index (χ0n) is 10.9. The van der Waals surface area contributed by atoms with Crippen LogP contribution in [0.1, 0.15) is 17.0 Å². The predicted octanol–water partition coefficient (Wildman–Crippen LogP) is 3.72. The lowest BCUT2D eigenvalue weighted by Gasteiger charge is -2.30. The van der Waals surface area contributed by atoms with Gasteiger partial charge in [-0.3, -0.25) is 0 Å². The van der Waals surface area contributed by atoms with Crippen molar-refractivity contribution in [3.8, 4) is 0 Å².